The number of fused-ring (bicyclic) bond motifs is 2. The average molecular weight is 368 g/mol. The smallest absolute Gasteiger partial charge is 0.232 e. The lowest BCUT2D eigenvalue weighted by Crippen LogP contribution is -2.49. The highest BCUT2D eigenvalue weighted by Crippen LogP contribution is 2.29. The van der Waals surface area contributed by atoms with E-state index in [1.54, 1.807) is 0 Å². The van der Waals surface area contributed by atoms with Crippen LogP contribution in [0.5, 0.6) is 0 Å². The van der Waals surface area contributed by atoms with Gasteiger partial charge in [-0.1, -0.05) is 19.3 Å². The normalized spacial score (nSPS) is 29.4. The van der Waals surface area contributed by atoms with Crippen molar-refractivity contribution in [2.24, 2.45) is 0 Å². The maximum atomic E-state index is 12.5. The minimum atomic E-state index is 0.171. The maximum absolute atomic E-state index is 12.5. The number of amides is 2. The largest absolute Gasteiger partial charge is 0.342 e. The third-order valence-corrected chi connectivity index (χ3v) is 7.26. The number of thioether (sulfide) groups is 1. The van der Waals surface area contributed by atoms with Crippen molar-refractivity contribution in [3.05, 3.63) is 0 Å². The molecule has 2 heterocycles. The molecule has 2 aliphatic heterocycles. The lowest BCUT2D eigenvalue weighted by molar-refractivity contribution is -0.130. The van der Waals surface area contributed by atoms with Gasteiger partial charge in [0.05, 0.1) is 11.5 Å². The van der Waals surface area contributed by atoms with E-state index >= 15 is 0 Å². The zero-order chi connectivity index (χ0) is 17.8. The second kappa shape index (κ2) is 8.76. The van der Waals surface area contributed by atoms with Crippen molar-refractivity contribution in [3.8, 4) is 0 Å². The summed E-state index contributed by atoms with van der Waals surface area (Å²) in [6.07, 6.45) is 10.7. The predicted octanol–water partition coefficient (Wildman–Crippen LogP) is 2.25. The molecule has 2 saturated heterocycles. The van der Waals surface area contributed by atoms with Gasteiger partial charge in [-0.3, -0.25) is 9.59 Å². The molecular formula is C19H33N3O2S. The fraction of sp³-hybridized carbons (Fsp3) is 0.895. The van der Waals surface area contributed by atoms with Crippen LogP contribution in [0.25, 0.3) is 0 Å². The topological polar surface area (TPSA) is 52.7 Å². The first-order valence-electron chi connectivity index (χ1n) is 9.89. The van der Waals surface area contributed by atoms with Crippen LogP contribution in [-0.4, -0.2) is 71.4 Å². The summed E-state index contributed by atoms with van der Waals surface area (Å²) in [5.41, 5.74) is 0. The molecule has 1 N–H and O–H groups in total. The molecule has 3 rings (SSSR count). The van der Waals surface area contributed by atoms with Gasteiger partial charge >= 0.3 is 0 Å². The number of piperidine rings is 1. The van der Waals surface area contributed by atoms with E-state index in [1.807, 2.05) is 23.9 Å². The lowest BCUT2D eigenvalue weighted by Gasteiger charge is -2.35. The Morgan fingerprint density at radius 2 is 1.36 bits per heavy atom. The highest BCUT2D eigenvalue weighted by molar-refractivity contribution is 8.00. The molecule has 0 aromatic rings. The molecule has 2 bridgehead atoms. The van der Waals surface area contributed by atoms with Gasteiger partial charge in [0, 0.05) is 38.3 Å². The molecule has 2 amide bonds. The van der Waals surface area contributed by atoms with Crippen LogP contribution in [-0.2, 0) is 9.59 Å². The summed E-state index contributed by atoms with van der Waals surface area (Å²) >= 11 is 1.47. The number of carbonyl (C=O) groups is 2. The summed E-state index contributed by atoms with van der Waals surface area (Å²) in [6.45, 7) is 0. The Morgan fingerprint density at radius 3 is 1.92 bits per heavy atom. The third-order valence-electron chi connectivity index (χ3n) is 6.36. The second-order valence-electron chi connectivity index (χ2n) is 8.06. The van der Waals surface area contributed by atoms with E-state index in [2.05, 4.69) is 5.32 Å². The van der Waals surface area contributed by atoms with Crippen LogP contribution < -0.4 is 5.32 Å². The van der Waals surface area contributed by atoms with Gasteiger partial charge in [-0.15, -0.1) is 11.8 Å². The molecule has 1 aliphatic carbocycles. The fourth-order valence-corrected chi connectivity index (χ4v) is 5.51. The van der Waals surface area contributed by atoms with Gasteiger partial charge < -0.3 is 15.1 Å². The first-order valence-corrected chi connectivity index (χ1v) is 11.0. The standard InChI is InChI=1S/C19H33N3O2S/c1-21(16-6-4-3-5-7-16)18(23)12-25-13-19(24)22(2)17-10-14-8-9-15(11-17)20-14/h14-17,20H,3-13H2,1-2H3. The highest BCUT2D eigenvalue weighted by Gasteiger charge is 2.36. The van der Waals surface area contributed by atoms with E-state index in [0.717, 1.165) is 25.7 Å². The van der Waals surface area contributed by atoms with Gasteiger partial charge in [0.2, 0.25) is 11.8 Å². The van der Waals surface area contributed by atoms with Crippen LogP contribution in [0.4, 0.5) is 0 Å². The third kappa shape index (κ3) is 4.91. The van der Waals surface area contributed by atoms with Crippen molar-refractivity contribution in [3.63, 3.8) is 0 Å². The van der Waals surface area contributed by atoms with Gasteiger partial charge in [-0.05, 0) is 38.5 Å². The first kappa shape index (κ1) is 19.0. The molecule has 0 radical (unpaired) electrons. The molecule has 3 fully saturated rings. The summed E-state index contributed by atoms with van der Waals surface area (Å²) < 4.78 is 0. The van der Waals surface area contributed by atoms with Crippen molar-refractivity contribution < 1.29 is 9.59 Å². The molecule has 5 nitrogen and oxygen atoms in total. The molecule has 25 heavy (non-hydrogen) atoms. The van der Waals surface area contributed by atoms with E-state index < -0.39 is 0 Å². The minimum Gasteiger partial charge on any atom is -0.342 e. The van der Waals surface area contributed by atoms with Crippen molar-refractivity contribution >= 4 is 23.6 Å². The van der Waals surface area contributed by atoms with E-state index in [9.17, 15) is 9.59 Å². The van der Waals surface area contributed by atoms with Crippen LogP contribution in [0.15, 0.2) is 0 Å². The van der Waals surface area contributed by atoms with Gasteiger partial charge in [-0.25, -0.2) is 0 Å². The van der Waals surface area contributed by atoms with E-state index in [1.165, 1.54) is 43.9 Å². The molecule has 3 aliphatic rings. The molecule has 0 aromatic carbocycles. The Bertz CT molecular complexity index is 469. The maximum Gasteiger partial charge on any atom is 0.232 e. The van der Waals surface area contributed by atoms with E-state index in [0.29, 0.717) is 35.7 Å². The Kier molecular flexibility index (Phi) is 6.67. The van der Waals surface area contributed by atoms with Crippen LogP contribution in [0.3, 0.4) is 0 Å². The number of nitrogens with zero attached hydrogens (tertiary/aromatic N) is 2. The molecule has 2 unspecified atom stereocenters. The fourth-order valence-electron chi connectivity index (χ4n) is 4.65. The number of carbonyl (C=O) groups excluding carboxylic acids is 2. The minimum absolute atomic E-state index is 0.171. The average Bonchev–Trinajstić information content (AvgIpc) is 2.98. The van der Waals surface area contributed by atoms with Gasteiger partial charge in [-0.2, -0.15) is 0 Å². The lowest BCUT2D eigenvalue weighted by atomic mass is 9.94. The summed E-state index contributed by atoms with van der Waals surface area (Å²) in [6, 6.07) is 1.97. The second-order valence-corrected chi connectivity index (χ2v) is 9.04. The molecular weight excluding hydrogens is 334 g/mol. The molecule has 2 atom stereocenters. The molecule has 0 spiro atoms. The van der Waals surface area contributed by atoms with E-state index in [-0.39, 0.29) is 11.8 Å². The van der Waals surface area contributed by atoms with Gasteiger partial charge in [0.25, 0.3) is 0 Å². The van der Waals surface area contributed by atoms with Crippen LogP contribution in [0.1, 0.15) is 57.8 Å². The molecule has 6 heteroatoms. The summed E-state index contributed by atoms with van der Waals surface area (Å²) in [4.78, 5) is 28.7. The Morgan fingerprint density at radius 1 is 0.840 bits per heavy atom. The van der Waals surface area contributed by atoms with Crippen LogP contribution in [0, 0.1) is 0 Å². The molecule has 1 saturated carbocycles. The van der Waals surface area contributed by atoms with Crippen molar-refractivity contribution in [1.82, 2.24) is 15.1 Å². The monoisotopic (exact) mass is 367 g/mol. The predicted molar refractivity (Wildman–Crippen MR) is 103 cm³/mol. The number of hydrogen-bond acceptors (Lipinski definition) is 4. The van der Waals surface area contributed by atoms with Crippen molar-refractivity contribution in [2.75, 3.05) is 25.6 Å². The first-order chi connectivity index (χ1) is 12.0. The number of hydrogen-bond donors (Lipinski definition) is 1. The molecule has 0 aromatic heterocycles. The van der Waals surface area contributed by atoms with Crippen LogP contribution in [0.2, 0.25) is 0 Å². The Hall–Kier alpha value is -0.750. The van der Waals surface area contributed by atoms with E-state index in [4.69, 9.17) is 0 Å². The summed E-state index contributed by atoms with van der Waals surface area (Å²) in [7, 11) is 3.87. The Balaban J connectivity index is 1.37. The zero-order valence-corrected chi connectivity index (χ0v) is 16.5. The van der Waals surface area contributed by atoms with Gasteiger partial charge in [0.15, 0.2) is 0 Å². The highest BCUT2D eigenvalue weighted by atomic mass is 32.2. The zero-order valence-electron chi connectivity index (χ0n) is 15.7. The summed E-state index contributed by atoms with van der Waals surface area (Å²) in [5, 5.41) is 3.62. The van der Waals surface area contributed by atoms with Crippen molar-refractivity contribution in [2.45, 2.75) is 82.0 Å². The van der Waals surface area contributed by atoms with Gasteiger partial charge in [0.1, 0.15) is 0 Å². The SMILES string of the molecule is CN(C(=O)CSCC(=O)N(C)C1CC2CCC(C1)N2)C1CCCCC1. The van der Waals surface area contributed by atoms with Crippen molar-refractivity contribution in [1.29, 1.82) is 0 Å². The Labute approximate surface area is 156 Å². The summed E-state index contributed by atoms with van der Waals surface area (Å²) in [5.74, 6) is 1.18. The quantitative estimate of drug-likeness (QED) is 0.782. The number of nitrogens with one attached hydrogen (secondary N) is 1. The van der Waals surface area contributed by atoms with Crippen LogP contribution >= 0.6 is 11.8 Å². The number of rotatable bonds is 6. The molecule has 142 valence electrons.